The van der Waals surface area contributed by atoms with Gasteiger partial charge in [0.15, 0.2) is 16.7 Å². The van der Waals surface area contributed by atoms with Crippen LogP contribution in [0.5, 0.6) is 0 Å². The Bertz CT molecular complexity index is 540. The Morgan fingerprint density at radius 2 is 1.90 bits per heavy atom. The standard InChI is InChI=1S/C15H19F2N3S/c1-10(11-7-8-13(16)14(17)9-11)19-20-15(21)18-12-5-3-2-4-6-12/h7-9,12H,2-6H2,1H3,(H2,18,20,21)/b19-10-. The third-order valence-corrected chi connectivity index (χ3v) is 3.81. The second kappa shape index (κ2) is 7.45. The fraction of sp³-hybridized carbons (Fsp3) is 0.467. The molecule has 1 aliphatic carbocycles. The zero-order chi connectivity index (χ0) is 15.2. The van der Waals surface area contributed by atoms with Crippen LogP contribution in [0.15, 0.2) is 23.3 Å². The van der Waals surface area contributed by atoms with Crippen LogP contribution in [0.2, 0.25) is 0 Å². The molecule has 1 aliphatic rings. The quantitative estimate of drug-likeness (QED) is 0.510. The number of hydrogen-bond donors (Lipinski definition) is 2. The fourth-order valence-corrected chi connectivity index (χ4v) is 2.60. The number of nitrogens with zero attached hydrogens (tertiary/aromatic N) is 1. The molecule has 0 atom stereocenters. The summed E-state index contributed by atoms with van der Waals surface area (Å²) in [5.74, 6) is -1.75. The van der Waals surface area contributed by atoms with Gasteiger partial charge in [-0.25, -0.2) is 8.78 Å². The van der Waals surface area contributed by atoms with Crippen LogP contribution in [0.25, 0.3) is 0 Å². The maximum atomic E-state index is 13.2. The summed E-state index contributed by atoms with van der Waals surface area (Å²) >= 11 is 5.19. The van der Waals surface area contributed by atoms with Crippen LogP contribution in [-0.2, 0) is 0 Å². The van der Waals surface area contributed by atoms with Crippen molar-refractivity contribution in [2.45, 2.75) is 45.1 Å². The SMILES string of the molecule is C/C(=N/NC(=S)NC1CCCCC1)c1ccc(F)c(F)c1. The number of thiocarbonyl (C=S) groups is 1. The summed E-state index contributed by atoms with van der Waals surface area (Å²) < 4.78 is 26.0. The van der Waals surface area contributed by atoms with E-state index >= 15 is 0 Å². The molecule has 0 bridgehead atoms. The Morgan fingerprint density at radius 1 is 1.19 bits per heavy atom. The Hall–Kier alpha value is -1.56. The number of benzene rings is 1. The summed E-state index contributed by atoms with van der Waals surface area (Å²) in [5, 5.41) is 7.79. The maximum absolute atomic E-state index is 13.2. The van der Waals surface area contributed by atoms with Gasteiger partial charge in [0.2, 0.25) is 0 Å². The molecule has 1 fully saturated rings. The van der Waals surface area contributed by atoms with Crippen LogP contribution < -0.4 is 10.7 Å². The van der Waals surface area contributed by atoms with E-state index in [9.17, 15) is 8.78 Å². The molecule has 0 heterocycles. The second-order valence-electron chi connectivity index (χ2n) is 5.25. The molecule has 6 heteroatoms. The number of hydrazone groups is 1. The van der Waals surface area contributed by atoms with E-state index in [4.69, 9.17) is 12.2 Å². The summed E-state index contributed by atoms with van der Waals surface area (Å²) in [6, 6.07) is 4.09. The molecule has 3 nitrogen and oxygen atoms in total. The van der Waals surface area contributed by atoms with Crippen molar-refractivity contribution in [1.82, 2.24) is 10.7 Å². The first-order chi connectivity index (χ1) is 10.1. The van der Waals surface area contributed by atoms with Gasteiger partial charge in [-0.05, 0) is 50.2 Å². The van der Waals surface area contributed by atoms with Crippen molar-refractivity contribution >= 4 is 23.0 Å². The van der Waals surface area contributed by atoms with Crippen molar-refractivity contribution in [3.63, 3.8) is 0 Å². The van der Waals surface area contributed by atoms with Gasteiger partial charge in [0.1, 0.15) is 0 Å². The molecule has 1 aromatic rings. The first kappa shape index (κ1) is 15.8. The average Bonchev–Trinajstić information content (AvgIpc) is 2.48. The minimum Gasteiger partial charge on any atom is -0.359 e. The van der Waals surface area contributed by atoms with Gasteiger partial charge in [-0.15, -0.1) is 0 Å². The molecule has 0 aliphatic heterocycles. The van der Waals surface area contributed by atoms with Gasteiger partial charge in [-0.2, -0.15) is 5.10 Å². The van der Waals surface area contributed by atoms with Gasteiger partial charge in [0.25, 0.3) is 0 Å². The van der Waals surface area contributed by atoms with Crippen molar-refractivity contribution < 1.29 is 8.78 Å². The Balaban J connectivity index is 1.89. The summed E-state index contributed by atoms with van der Waals surface area (Å²) in [6.07, 6.45) is 5.96. The molecule has 21 heavy (non-hydrogen) atoms. The molecule has 0 amide bonds. The maximum Gasteiger partial charge on any atom is 0.187 e. The smallest absolute Gasteiger partial charge is 0.187 e. The molecule has 2 N–H and O–H groups in total. The van der Waals surface area contributed by atoms with Crippen LogP contribution in [0, 0.1) is 11.6 Å². The van der Waals surface area contributed by atoms with Gasteiger partial charge in [0, 0.05) is 11.6 Å². The molecule has 114 valence electrons. The first-order valence-corrected chi connectivity index (χ1v) is 7.53. The van der Waals surface area contributed by atoms with Crippen molar-refractivity contribution in [1.29, 1.82) is 0 Å². The summed E-state index contributed by atoms with van der Waals surface area (Å²) in [5.41, 5.74) is 3.81. The van der Waals surface area contributed by atoms with E-state index in [1.165, 1.54) is 25.3 Å². The lowest BCUT2D eigenvalue weighted by atomic mass is 9.96. The van der Waals surface area contributed by atoms with Gasteiger partial charge in [-0.3, -0.25) is 5.43 Å². The molecule has 0 spiro atoms. The van der Waals surface area contributed by atoms with E-state index in [1.54, 1.807) is 6.92 Å². The third kappa shape index (κ3) is 4.74. The van der Waals surface area contributed by atoms with Gasteiger partial charge in [0.05, 0.1) is 5.71 Å². The molecular weight excluding hydrogens is 292 g/mol. The topological polar surface area (TPSA) is 36.4 Å². The largest absolute Gasteiger partial charge is 0.359 e. The highest BCUT2D eigenvalue weighted by Gasteiger charge is 2.13. The lowest BCUT2D eigenvalue weighted by molar-refractivity contribution is 0.412. The van der Waals surface area contributed by atoms with Crippen molar-refractivity contribution in [3.8, 4) is 0 Å². The summed E-state index contributed by atoms with van der Waals surface area (Å²) in [7, 11) is 0. The predicted molar refractivity (Wildman–Crippen MR) is 84.3 cm³/mol. The van der Waals surface area contributed by atoms with E-state index in [2.05, 4.69) is 15.8 Å². The van der Waals surface area contributed by atoms with E-state index in [-0.39, 0.29) is 0 Å². The van der Waals surface area contributed by atoms with Crippen molar-refractivity contribution in [2.75, 3.05) is 0 Å². The van der Waals surface area contributed by atoms with E-state index in [0.29, 0.717) is 22.4 Å². The minimum absolute atomic E-state index is 0.400. The van der Waals surface area contributed by atoms with E-state index < -0.39 is 11.6 Å². The number of halogens is 2. The summed E-state index contributed by atoms with van der Waals surface area (Å²) in [6.45, 7) is 1.71. The average molecular weight is 311 g/mol. The molecule has 0 radical (unpaired) electrons. The number of nitrogens with one attached hydrogen (secondary N) is 2. The number of rotatable bonds is 3. The van der Waals surface area contributed by atoms with Crippen LogP contribution in [-0.4, -0.2) is 16.9 Å². The fourth-order valence-electron chi connectivity index (χ4n) is 2.38. The van der Waals surface area contributed by atoms with Crippen LogP contribution in [0.1, 0.15) is 44.6 Å². The molecule has 0 saturated heterocycles. The van der Waals surface area contributed by atoms with Crippen molar-refractivity contribution in [3.05, 3.63) is 35.4 Å². The van der Waals surface area contributed by atoms with Crippen molar-refractivity contribution in [2.24, 2.45) is 5.10 Å². The highest BCUT2D eigenvalue weighted by atomic mass is 32.1. The molecule has 0 aromatic heterocycles. The highest BCUT2D eigenvalue weighted by molar-refractivity contribution is 7.80. The van der Waals surface area contributed by atoms with Gasteiger partial charge in [-0.1, -0.05) is 19.3 Å². The lowest BCUT2D eigenvalue weighted by Crippen LogP contribution is -2.41. The predicted octanol–water partition coefficient (Wildman–Crippen LogP) is 3.49. The van der Waals surface area contributed by atoms with Crippen LogP contribution in [0.4, 0.5) is 8.78 Å². The second-order valence-corrected chi connectivity index (χ2v) is 5.65. The first-order valence-electron chi connectivity index (χ1n) is 7.12. The Morgan fingerprint density at radius 3 is 2.57 bits per heavy atom. The third-order valence-electron chi connectivity index (χ3n) is 3.60. The zero-order valence-electron chi connectivity index (χ0n) is 12.0. The molecular formula is C15H19F2N3S. The normalized spacial score (nSPS) is 16.6. The van der Waals surface area contributed by atoms with Crippen LogP contribution in [0.3, 0.4) is 0 Å². The highest BCUT2D eigenvalue weighted by Crippen LogP contribution is 2.17. The van der Waals surface area contributed by atoms with E-state index in [1.807, 2.05) is 0 Å². The Labute approximate surface area is 128 Å². The molecule has 2 rings (SSSR count). The Kier molecular flexibility index (Phi) is 5.61. The number of hydrogen-bond acceptors (Lipinski definition) is 2. The van der Waals surface area contributed by atoms with Crippen LogP contribution >= 0.6 is 12.2 Å². The molecule has 1 saturated carbocycles. The van der Waals surface area contributed by atoms with Gasteiger partial charge >= 0.3 is 0 Å². The monoisotopic (exact) mass is 311 g/mol. The van der Waals surface area contributed by atoms with Gasteiger partial charge < -0.3 is 5.32 Å². The van der Waals surface area contributed by atoms with E-state index in [0.717, 1.165) is 25.0 Å². The minimum atomic E-state index is -0.884. The summed E-state index contributed by atoms with van der Waals surface area (Å²) in [4.78, 5) is 0. The zero-order valence-corrected chi connectivity index (χ0v) is 12.8. The molecule has 1 aromatic carbocycles. The molecule has 0 unspecified atom stereocenters. The lowest BCUT2D eigenvalue weighted by Gasteiger charge is -2.23.